The molecule has 4 rings (SSSR count). The molecule has 1 amide bonds. The lowest BCUT2D eigenvalue weighted by Gasteiger charge is -2.24. The van der Waals surface area contributed by atoms with Crippen LogP contribution in [0.2, 0.25) is 0 Å². The lowest BCUT2D eigenvalue weighted by atomic mass is 9.98. The van der Waals surface area contributed by atoms with Gasteiger partial charge in [0.25, 0.3) is 0 Å². The second kappa shape index (κ2) is 7.04. The molecule has 27 heavy (non-hydrogen) atoms. The first-order valence-electron chi connectivity index (χ1n) is 8.99. The van der Waals surface area contributed by atoms with E-state index in [1.807, 2.05) is 36.4 Å². The third-order valence-corrected chi connectivity index (χ3v) is 5.38. The Morgan fingerprint density at radius 1 is 1.07 bits per heavy atom. The van der Waals surface area contributed by atoms with Crippen molar-refractivity contribution in [2.75, 3.05) is 20.3 Å². The maximum Gasteiger partial charge on any atom is 0.410 e. The van der Waals surface area contributed by atoms with Gasteiger partial charge in [-0.15, -0.1) is 0 Å². The van der Waals surface area contributed by atoms with E-state index < -0.39 is 24.2 Å². The minimum absolute atomic E-state index is 0.0505. The van der Waals surface area contributed by atoms with Gasteiger partial charge in [-0.1, -0.05) is 48.5 Å². The zero-order chi connectivity index (χ0) is 19.0. The quantitative estimate of drug-likeness (QED) is 0.844. The Bertz CT molecular complexity index is 835. The summed E-state index contributed by atoms with van der Waals surface area (Å²) < 4.78 is 10.3. The summed E-state index contributed by atoms with van der Waals surface area (Å²) in [6, 6.07) is 15.2. The monoisotopic (exact) mass is 367 g/mol. The highest BCUT2D eigenvalue weighted by atomic mass is 16.6. The summed E-state index contributed by atoms with van der Waals surface area (Å²) >= 11 is 0. The number of esters is 1. The van der Waals surface area contributed by atoms with Gasteiger partial charge in [-0.25, -0.2) is 9.59 Å². The molecule has 1 fully saturated rings. The van der Waals surface area contributed by atoms with E-state index in [9.17, 15) is 14.7 Å². The number of benzene rings is 2. The number of hydrogen-bond donors (Lipinski definition) is 1. The first kappa shape index (κ1) is 17.5. The average Bonchev–Trinajstić information content (AvgIpc) is 3.24. The molecule has 2 aromatic carbocycles. The highest BCUT2D eigenvalue weighted by molar-refractivity contribution is 5.83. The van der Waals surface area contributed by atoms with Gasteiger partial charge in [0, 0.05) is 12.5 Å². The third-order valence-electron chi connectivity index (χ3n) is 5.38. The standard InChI is InChI=1S/C21H21NO5/c1-26-20(24)19-18(23)10-11-22(19)21(25)27-12-17-15-8-4-2-6-13(15)14-7-3-5-9-16(14)17/h2-9,17-19,23H,10-12H2,1H3/t18-,19+/m1/s1. The van der Waals surface area contributed by atoms with Crippen LogP contribution in [0.5, 0.6) is 0 Å². The van der Waals surface area contributed by atoms with Gasteiger partial charge in [-0.3, -0.25) is 4.90 Å². The number of rotatable bonds is 3. The number of aliphatic hydroxyl groups is 1. The first-order chi connectivity index (χ1) is 13.1. The van der Waals surface area contributed by atoms with Crippen molar-refractivity contribution in [1.82, 2.24) is 4.90 Å². The molecule has 2 atom stereocenters. The van der Waals surface area contributed by atoms with Gasteiger partial charge in [-0.05, 0) is 28.7 Å². The lowest BCUT2D eigenvalue weighted by Crippen LogP contribution is -2.46. The van der Waals surface area contributed by atoms with Gasteiger partial charge in [0.05, 0.1) is 13.2 Å². The van der Waals surface area contributed by atoms with Gasteiger partial charge in [0.2, 0.25) is 0 Å². The predicted molar refractivity (Wildman–Crippen MR) is 98.2 cm³/mol. The largest absolute Gasteiger partial charge is 0.467 e. The van der Waals surface area contributed by atoms with Gasteiger partial charge >= 0.3 is 12.1 Å². The summed E-state index contributed by atoms with van der Waals surface area (Å²) in [6.07, 6.45) is -1.22. The van der Waals surface area contributed by atoms with E-state index in [2.05, 4.69) is 12.1 Å². The summed E-state index contributed by atoms with van der Waals surface area (Å²) in [6.45, 7) is 0.435. The Morgan fingerprint density at radius 3 is 2.26 bits per heavy atom. The molecule has 1 saturated heterocycles. The van der Waals surface area contributed by atoms with E-state index in [-0.39, 0.29) is 19.1 Å². The van der Waals surface area contributed by atoms with Crippen LogP contribution >= 0.6 is 0 Å². The maximum atomic E-state index is 12.6. The van der Waals surface area contributed by atoms with Crippen molar-refractivity contribution < 1.29 is 24.2 Å². The van der Waals surface area contributed by atoms with Crippen LogP contribution < -0.4 is 0 Å². The number of fused-ring (bicyclic) bond motifs is 3. The number of likely N-dealkylation sites (tertiary alicyclic amines) is 1. The van der Waals surface area contributed by atoms with Crippen molar-refractivity contribution in [3.8, 4) is 11.1 Å². The number of amides is 1. The summed E-state index contributed by atoms with van der Waals surface area (Å²) in [5, 5.41) is 10.00. The fourth-order valence-corrected chi connectivity index (χ4v) is 4.06. The highest BCUT2D eigenvalue weighted by Gasteiger charge is 2.43. The Hall–Kier alpha value is -2.86. The van der Waals surface area contributed by atoms with E-state index in [0.717, 1.165) is 22.3 Å². The number of aliphatic hydroxyl groups excluding tert-OH is 1. The number of methoxy groups -OCH3 is 1. The molecule has 0 radical (unpaired) electrons. The van der Waals surface area contributed by atoms with Crippen LogP contribution in [0.1, 0.15) is 23.5 Å². The van der Waals surface area contributed by atoms with Crippen molar-refractivity contribution in [2.45, 2.75) is 24.5 Å². The van der Waals surface area contributed by atoms with E-state index in [1.165, 1.54) is 12.0 Å². The summed E-state index contributed by atoms with van der Waals surface area (Å²) in [5.41, 5.74) is 4.55. The molecule has 1 aliphatic carbocycles. The number of ether oxygens (including phenoxy) is 2. The smallest absolute Gasteiger partial charge is 0.410 e. The maximum absolute atomic E-state index is 12.6. The molecule has 6 nitrogen and oxygen atoms in total. The fraction of sp³-hybridized carbons (Fsp3) is 0.333. The summed E-state index contributed by atoms with van der Waals surface area (Å²) in [7, 11) is 1.24. The van der Waals surface area contributed by atoms with Crippen LogP contribution in [0, 0.1) is 0 Å². The third kappa shape index (κ3) is 2.96. The number of carbonyl (C=O) groups excluding carboxylic acids is 2. The molecular formula is C21H21NO5. The molecule has 2 aliphatic rings. The molecule has 0 unspecified atom stereocenters. The van der Waals surface area contributed by atoms with Crippen LogP contribution in [0.15, 0.2) is 48.5 Å². The first-order valence-corrected chi connectivity index (χ1v) is 8.99. The van der Waals surface area contributed by atoms with Crippen molar-refractivity contribution in [2.24, 2.45) is 0 Å². The van der Waals surface area contributed by atoms with Crippen molar-refractivity contribution in [3.63, 3.8) is 0 Å². The number of nitrogens with zero attached hydrogens (tertiary/aromatic N) is 1. The Labute approximate surface area is 157 Å². The Kier molecular flexibility index (Phi) is 4.58. The Morgan fingerprint density at radius 2 is 1.67 bits per heavy atom. The average molecular weight is 367 g/mol. The van der Waals surface area contributed by atoms with E-state index >= 15 is 0 Å². The molecule has 0 spiro atoms. The number of carbonyl (C=O) groups is 2. The topological polar surface area (TPSA) is 76.1 Å². The van der Waals surface area contributed by atoms with E-state index in [0.29, 0.717) is 6.42 Å². The lowest BCUT2D eigenvalue weighted by molar-refractivity contribution is -0.148. The van der Waals surface area contributed by atoms with Crippen LogP contribution in [-0.2, 0) is 14.3 Å². The predicted octanol–water partition coefficient (Wildman–Crippen LogP) is 2.54. The fourth-order valence-electron chi connectivity index (χ4n) is 4.06. The van der Waals surface area contributed by atoms with Crippen LogP contribution in [0.3, 0.4) is 0 Å². The van der Waals surface area contributed by atoms with Crippen LogP contribution in [-0.4, -0.2) is 54.5 Å². The second-order valence-electron chi connectivity index (χ2n) is 6.82. The van der Waals surface area contributed by atoms with Crippen LogP contribution in [0.4, 0.5) is 4.79 Å². The minimum Gasteiger partial charge on any atom is -0.467 e. The van der Waals surface area contributed by atoms with E-state index in [1.54, 1.807) is 0 Å². The molecule has 2 aromatic rings. The van der Waals surface area contributed by atoms with Gasteiger partial charge in [-0.2, -0.15) is 0 Å². The minimum atomic E-state index is -1.01. The molecule has 1 heterocycles. The summed E-state index contributed by atoms with van der Waals surface area (Å²) in [4.78, 5) is 25.7. The molecule has 6 heteroatoms. The molecular weight excluding hydrogens is 346 g/mol. The molecule has 140 valence electrons. The molecule has 1 aliphatic heterocycles. The molecule has 1 N–H and O–H groups in total. The second-order valence-corrected chi connectivity index (χ2v) is 6.82. The van der Waals surface area contributed by atoms with Crippen molar-refractivity contribution in [1.29, 1.82) is 0 Å². The SMILES string of the molecule is COC(=O)[C@@H]1[C@H](O)CCN1C(=O)OCC1c2ccccc2-c2ccccc21. The van der Waals surface area contributed by atoms with Crippen LogP contribution in [0.25, 0.3) is 11.1 Å². The molecule has 0 saturated carbocycles. The zero-order valence-corrected chi connectivity index (χ0v) is 15.0. The van der Waals surface area contributed by atoms with Gasteiger partial charge < -0.3 is 14.6 Å². The molecule has 0 aromatic heterocycles. The normalized spacial score (nSPS) is 20.9. The number of hydrogen-bond acceptors (Lipinski definition) is 5. The summed E-state index contributed by atoms with van der Waals surface area (Å²) in [5.74, 6) is -0.682. The highest BCUT2D eigenvalue weighted by Crippen LogP contribution is 2.44. The van der Waals surface area contributed by atoms with Gasteiger partial charge in [0.15, 0.2) is 6.04 Å². The molecule has 0 bridgehead atoms. The van der Waals surface area contributed by atoms with Crippen molar-refractivity contribution in [3.05, 3.63) is 59.7 Å². The van der Waals surface area contributed by atoms with Crippen molar-refractivity contribution >= 4 is 12.1 Å². The van der Waals surface area contributed by atoms with E-state index in [4.69, 9.17) is 9.47 Å². The zero-order valence-electron chi connectivity index (χ0n) is 15.0. The Balaban J connectivity index is 1.52. The van der Waals surface area contributed by atoms with Gasteiger partial charge in [0.1, 0.15) is 6.61 Å².